The minimum atomic E-state index is -0.598. The summed E-state index contributed by atoms with van der Waals surface area (Å²) in [5.74, 6) is -0.715. The Morgan fingerprint density at radius 3 is 2.69 bits per heavy atom. The number of phenols is 1. The van der Waals surface area contributed by atoms with Crippen molar-refractivity contribution in [1.82, 2.24) is 0 Å². The maximum atomic E-state index is 11.1. The van der Waals surface area contributed by atoms with Crippen molar-refractivity contribution >= 4 is 17.6 Å². The molecule has 0 heterocycles. The second-order valence-electron chi connectivity index (χ2n) is 2.61. The number of methoxy groups -OCH3 is 1. The van der Waals surface area contributed by atoms with Crippen LogP contribution in [-0.4, -0.2) is 18.2 Å². The van der Waals surface area contributed by atoms with E-state index >= 15 is 0 Å². The molecule has 0 saturated heterocycles. The Bertz CT molecular complexity index is 347. The highest BCUT2D eigenvalue weighted by Gasteiger charge is 2.12. The van der Waals surface area contributed by atoms with Gasteiger partial charge in [0, 0.05) is 5.02 Å². The van der Waals surface area contributed by atoms with E-state index in [0.717, 1.165) is 0 Å². The number of esters is 1. The van der Waals surface area contributed by atoms with E-state index in [1.165, 1.54) is 19.2 Å². The second kappa shape index (κ2) is 3.66. The molecule has 3 nitrogen and oxygen atoms in total. The fourth-order valence-corrected chi connectivity index (χ4v) is 1.10. The molecule has 0 amide bonds. The molecule has 70 valence electrons. The number of carbonyl (C=O) groups excluding carboxylic acids is 1. The topological polar surface area (TPSA) is 46.5 Å². The third kappa shape index (κ3) is 1.92. The lowest BCUT2D eigenvalue weighted by atomic mass is 10.1. The zero-order valence-corrected chi connectivity index (χ0v) is 8.05. The van der Waals surface area contributed by atoms with E-state index in [4.69, 9.17) is 11.6 Å². The van der Waals surface area contributed by atoms with Crippen molar-refractivity contribution < 1.29 is 14.6 Å². The molecular weight excluding hydrogens is 192 g/mol. The van der Waals surface area contributed by atoms with Gasteiger partial charge in [-0.3, -0.25) is 0 Å². The molecule has 4 heteroatoms. The molecule has 1 aromatic rings. The Balaban J connectivity index is 3.23. The summed E-state index contributed by atoms with van der Waals surface area (Å²) < 4.78 is 4.45. The number of halogens is 1. The Hall–Kier alpha value is -1.22. The highest BCUT2D eigenvalue weighted by atomic mass is 35.5. The largest absolute Gasteiger partial charge is 0.507 e. The zero-order valence-electron chi connectivity index (χ0n) is 7.30. The minimum absolute atomic E-state index is 0.0816. The number of hydrogen-bond acceptors (Lipinski definition) is 3. The molecule has 0 aliphatic carbocycles. The smallest absolute Gasteiger partial charge is 0.341 e. The lowest BCUT2D eigenvalue weighted by molar-refractivity contribution is 0.0597. The summed E-state index contributed by atoms with van der Waals surface area (Å²) in [4.78, 5) is 11.1. The average Bonchev–Trinajstić information content (AvgIpc) is 2.10. The number of carbonyl (C=O) groups is 1. The van der Waals surface area contributed by atoms with Gasteiger partial charge < -0.3 is 9.84 Å². The van der Waals surface area contributed by atoms with Gasteiger partial charge in [-0.1, -0.05) is 11.6 Å². The maximum absolute atomic E-state index is 11.1. The number of benzene rings is 1. The quantitative estimate of drug-likeness (QED) is 0.707. The van der Waals surface area contributed by atoms with Crippen LogP contribution in [0.5, 0.6) is 5.75 Å². The van der Waals surface area contributed by atoms with Crippen LogP contribution in [0.15, 0.2) is 12.1 Å². The first-order chi connectivity index (χ1) is 6.06. The predicted octanol–water partition coefficient (Wildman–Crippen LogP) is 2.14. The van der Waals surface area contributed by atoms with Crippen molar-refractivity contribution in [1.29, 1.82) is 0 Å². The zero-order chi connectivity index (χ0) is 10.0. The van der Waals surface area contributed by atoms with Crippen LogP contribution in [0, 0.1) is 6.92 Å². The molecule has 0 fully saturated rings. The molecule has 0 spiro atoms. The molecule has 0 bridgehead atoms. The number of phenolic OH excluding ortho intramolecular Hbond substituents is 1. The summed E-state index contributed by atoms with van der Waals surface area (Å²) in [6, 6.07) is 2.81. The third-order valence-electron chi connectivity index (χ3n) is 1.68. The number of ether oxygens (including phenoxy) is 1. The van der Waals surface area contributed by atoms with Crippen LogP contribution in [0.2, 0.25) is 5.02 Å². The van der Waals surface area contributed by atoms with E-state index in [-0.39, 0.29) is 11.3 Å². The van der Waals surface area contributed by atoms with Crippen LogP contribution >= 0.6 is 11.6 Å². The van der Waals surface area contributed by atoms with E-state index in [0.29, 0.717) is 10.6 Å². The van der Waals surface area contributed by atoms with E-state index in [1.54, 1.807) is 6.92 Å². The molecule has 0 atom stereocenters. The Labute approximate surface area is 80.9 Å². The van der Waals surface area contributed by atoms with Crippen LogP contribution < -0.4 is 0 Å². The van der Waals surface area contributed by atoms with Gasteiger partial charge in [0.1, 0.15) is 11.3 Å². The Morgan fingerprint density at radius 1 is 1.54 bits per heavy atom. The average molecular weight is 201 g/mol. The molecular formula is C9H9ClO3. The fraction of sp³-hybridized carbons (Fsp3) is 0.222. The first kappa shape index (κ1) is 9.86. The van der Waals surface area contributed by atoms with Gasteiger partial charge in [-0.2, -0.15) is 0 Å². The van der Waals surface area contributed by atoms with Gasteiger partial charge in [0.25, 0.3) is 0 Å². The predicted molar refractivity (Wildman–Crippen MR) is 49.2 cm³/mol. The first-order valence-electron chi connectivity index (χ1n) is 3.63. The molecule has 0 aliphatic heterocycles. The van der Waals surface area contributed by atoms with Crippen molar-refractivity contribution in [3.05, 3.63) is 28.3 Å². The summed E-state index contributed by atoms with van der Waals surface area (Å²) >= 11 is 5.77. The highest BCUT2D eigenvalue weighted by molar-refractivity contribution is 6.31. The molecule has 0 unspecified atom stereocenters. The molecule has 1 aromatic carbocycles. The highest BCUT2D eigenvalue weighted by Crippen LogP contribution is 2.25. The van der Waals surface area contributed by atoms with Crippen LogP contribution in [0.3, 0.4) is 0 Å². The van der Waals surface area contributed by atoms with Gasteiger partial charge >= 0.3 is 5.97 Å². The first-order valence-corrected chi connectivity index (χ1v) is 4.01. The summed E-state index contributed by atoms with van der Waals surface area (Å²) in [5.41, 5.74) is 0.796. The standard InChI is InChI=1S/C9H9ClO3/c1-5-3-8(11)6(4-7(5)10)9(12)13-2/h3-4,11H,1-2H3. The lowest BCUT2D eigenvalue weighted by Crippen LogP contribution is -2.01. The van der Waals surface area contributed by atoms with Crippen molar-refractivity contribution in [3.63, 3.8) is 0 Å². The number of aromatic hydroxyl groups is 1. The second-order valence-corrected chi connectivity index (χ2v) is 3.02. The SMILES string of the molecule is COC(=O)c1cc(Cl)c(C)cc1O. The molecule has 0 aromatic heterocycles. The number of aryl methyl sites for hydroxylation is 1. The van der Waals surface area contributed by atoms with Crippen molar-refractivity contribution in [3.8, 4) is 5.75 Å². The molecule has 0 saturated carbocycles. The van der Waals surface area contributed by atoms with Crippen molar-refractivity contribution in [2.24, 2.45) is 0 Å². The van der Waals surface area contributed by atoms with Crippen molar-refractivity contribution in [2.45, 2.75) is 6.92 Å². The van der Waals surface area contributed by atoms with Gasteiger partial charge in [-0.05, 0) is 24.6 Å². The van der Waals surface area contributed by atoms with Gasteiger partial charge in [0.05, 0.1) is 7.11 Å². The van der Waals surface area contributed by atoms with E-state index in [2.05, 4.69) is 4.74 Å². The molecule has 13 heavy (non-hydrogen) atoms. The van der Waals surface area contributed by atoms with E-state index < -0.39 is 5.97 Å². The van der Waals surface area contributed by atoms with Crippen LogP contribution in [0.1, 0.15) is 15.9 Å². The normalized spacial score (nSPS) is 9.77. The monoisotopic (exact) mass is 200 g/mol. The number of rotatable bonds is 1. The Kier molecular flexibility index (Phi) is 2.78. The maximum Gasteiger partial charge on any atom is 0.341 e. The molecule has 1 N–H and O–H groups in total. The van der Waals surface area contributed by atoms with Crippen LogP contribution in [0.4, 0.5) is 0 Å². The summed E-state index contributed by atoms with van der Waals surface area (Å²) in [6.07, 6.45) is 0. The van der Waals surface area contributed by atoms with Gasteiger partial charge in [-0.25, -0.2) is 4.79 Å². The lowest BCUT2D eigenvalue weighted by Gasteiger charge is -2.04. The molecule has 0 radical (unpaired) electrons. The molecule has 1 rings (SSSR count). The molecule has 0 aliphatic rings. The fourth-order valence-electron chi connectivity index (χ4n) is 0.940. The summed E-state index contributed by atoms with van der Waals surface area (Å²) in [6.45, 7) is 1.74. The third-order valence-corrected chi connectivity index (χ3v) is 2.09. The number of hydrogen-bond donors (Lipinski definition) is 1. The van der Waals surface area contributed by atoms with E-state index in [9.17, 15) is 9.90 Å². The van der Waals surface area contributed by atoms with E-state index in [1.807, 2.05) is 0 Å². The summed E-state index contributed by atoms with van der Waals surface area (Å²) in [7, 11) is 1.25. The summed E-state index contributed by atoms with van der Waals surface area (Å²) in [5, 5.41) is 9.79. The van der Waals surface area contributed by atoms with Gasteiger partial charge in [0.2, 0.25) is 0 Å². The van der Waals surface area contributed by atoms with Gasteiger partial charge in [-0.15, -0.1) is 0 Å². The van der Waals surface area contributed by atoms with Crippen LogP contribution in [0.25, 0.3) is 0 Å². The van der Waals surface area contributed by atoms with Gasteiger partial charge in [0.15, 0.2) is 0 Å². The minimum Gasteiger partial charge on any atom is -0.507 e. The Morgan fingerprint density at radius 2 is 2.15 bits per heavy atom. The van der Waals surface area contributed by atoms with Crippen LogP contribution in [-0.2, 0) is 4.74 Å². The van der Waals surface area contributed by atoms with Crippen molar-refractivity contribution in [2.75, 3.05) is 7.11 Å².